The fourth-order valence-corrected chi connectivity index (χ4v) is 3.38. The van der Waals surface area contributed by atoms with Crippen molar-refractivity contribution in [1.82, 2.24) is 20.1 Å². The Balaban J connectivity index is 1.31. The number of nitrogens with one attached hydrogen (secondary N) is 1. The molecular formula is C22H24N6O. The van der Waals surface area contributed by atoms with Crippen molar-refractivity contribution < 1.29 is 4.79 Å². The van der Waals surface area contributed by atoms with Crippen LogP contribution in [-0.4, -0.2) is 52.2 Å². The second-order valence-electron chi connectivity index (χ2n) is 7.10. The summed E-state index contributed by atoms with van der Waals surface area (Å²) in [5, 5.41) is 11.4. The number of aryl methyl sites for hydroxylation is 1. The Morgan fingerprint density at radius 3 is 2.55 bits per heavy atom. The van der Waals surface area contributed by atoms with Crippen molar-refractivity contribution in [3.63, 3.8) is 0 Å². The van der Waals surface area contributed by atoms with Crippen LogP contribution < -0.4 is 10.2 Å². The van der Waals surface area contributed by atoms with Gasteiger partial charge >= 0.3 is 0 Å². The smallest absolute Gasteiger partial charge is 0.274 e. The monoisotopic (exact) mass is 388 g/mol. The molecular weight excluding hydrogens is 364 g/mol. The minimum atomic E-state index is -0.0716. The SMILES string of the molecule is Cc1cccc(N2CCN(C(=O)c3ccc(NCc4ccccn4)nn3)CC2)c1. The van der Waals surface area contributed by atoms with E-state index in [4.69, 9.17) is 0 Å². The summed E-state index contributed by atoms with van der Waals surface area (Å²) in [5.74, 6) is 0.550. The molecule has 0 bridgehead atoms. The number of anilines is 2. The molecule has 7 heteroatoms. The van der Waals surface area contributed by atoms with Crippen LogP contribution in [0.1, 0.15) is 21.7 Å². The molecule has 1 aliphatic rings. The molecule has 0 unspecified atom stereocenters. The Morgan fingerprint density at radius 2 is 1.86 bits per heavy atom. The third-order valence-corrected chi connectivity index (χ3v) is 4.99. The Kier molecular flexibility index (Phi) is 5.65. The largest absolute Gasteiger partial charge is 0.368 e. The molecule has 1 aliphatic heterocycles. The highest BCUT2D eigenvalue weighted by molar-refractivity contribution is 5.92. The molecule has 29 heavy (non-hydrogen) atoms. The van der Waals surface area contributed by atoms with E-state index in [1.807, 2.05) is 23.1 Å². The first-order valence-electron chi connectivity index (χ1n) is 9.77. The van der Waals surface area contributed by atoms with Crippen LogP contribution in [-0.2, 0) is 6.54 Å². The summed E-state index contributed by atoms with van der Waals surface area (Å²) >= 11 is 0. The summed E-state index contributed by atoms with van der Waals surface area (Å²) in [4.78, 5) is 21.2. The maximum Gasteiger partial charge on any atom is 0.274 e. The standard InChI is InChI=1S/C22H24N6O/c1-17-5-4-7-19(15-17)27-11-13-28(14-12-27)22(29)20-8-9-21(26-25-20)24-16-18-6-2-3-10-23-18/h2-10,15H,11-14,16H2,1H3,(H,24,26). The van der Waals surface area contributed by atoms with E-state index in [0.29, 0.717) is 31.1 Å². The summed E-state index contributed by atoms with van der Waals surface area (Å²) < 4.78 is 0. The highest BCUT2D eigenvalue weighted by Gasteiger charge is 2.23. The van der Waals surface area contributed by atoms with Crippen LogP contribution in [0.25, 0.3) is 0 Å². The molecule has 3 aromatic rings. The van der Waals surface area contributed by atoms with E-state index >= 15 is 0 Å². The normalized spacial score (nSPS) is 14.0. The van der Waals surface area contributed by atoms with E-state index in [1.165, 1.54) is 11.3 Å². The predicted octanol–water partition coefficient (Wildman–Crippen LogP) is 2.75. The minimum absolute atomic E-state index is 0.0716. The van der Waals surface area contributed by atoms with Gasteiger partial charge in [-0.05, 0) is 48.9 Å². The van der Waals surface area contributed by atoms with Gasteiger partial charge in [-0.1, -0.05) is 18.2 Å². The fourth-order valence-electron chi connectivity index (χ4n) is 3.38. The van der Waals surface area contributed by atoms with Gasteiger partial charge in [0, 0.05) is 38.1 Å². The molecule has 0 atom stereocenters. The van der Waals surface area contributed by atoms with Gasteiger partial charge in [-0.2, -0.15) is 0 Å². The van der Waals surface area contributed by atoms with Gasteiger partial charge in [-0.3, -0.25) is 9.78 Å². The zero-order valence-corrected chi connectivity index (χ0v) is 16.5. The van der Waals surface area contributed by atoms with Crippen molar-refractivity contribution in [2.45, 2.75) is 13.5 Å². The molecule has 1 aromatic carbocycles. The summed E-state index contributed by atoms with van der Waals surface area (Å²) in [7, 11) is 0. The first kappa shape index (κ1) is 18.9. The second kappa shape index (κ2) is 8.68. The van der Waals surface area contributed by atoms with Gasteiger partial charge in [0.15, 0.2) is 5.69 Å². The minimum Gasteiger partial charge on any atom is -0.368 e. The molecule has 7 nitrogen and oxygen atoms in total. The van der Waals surface area contributed by atoms with Crippen LogP contribution in [0.5, 0.6) is 0 Å². The average Bonchev–Trinajstić information content (AvgIpc) is 2.78. The van der Waals surface area contributed by atoms with Crippen molar-refractivity contribution in [3.8, 4) is 0 Å². The molecule has 148 valence electrons. The van der Waals surface area contributed by atoms with Gasteiger partial charge in [0.1, 0.15) is 5.82 Å². The number of pyridine rings is 1. The molecule has 1 N–H and O–H groups in total. The second-order valence-corrected chi connectivity index (χ2v) is 7.10. The summed E-state index contributed by atoms with van der Waals surface area (Å²) in [6.07, 6.45) is 1.75. The maximum atomic E-state index is 12.8. The highest BCUT2D eigenvalue weighted by Crippen LogP contribution is 2.18. The number of rotatable bonds is 5. The number of amides is 1. The third kappa shape index (κ3) is 4.68. The Morgan fingerprint density at radius 1 is 1.00 bits per heavy atom. The molecule has 1 amide bonds. The lowest BCUT2D eigenvalue weighted by Gasteiger charge is -2.36. The van der Waals surface area contributed by atoms with E-state index < -0.39 is 0 Å². The van der Waals surface area contributed by atoms with Gasteiger partial charge in [0.2, 0.25) is 0 Å². The highest BCUT2D eigenvalue weighted by atomic mass is 16.2. The van der Waals surface area contributed by atoms with Crippen LogP contribution in [0, 0.1) is 6.92 Å². The maximum absolute atomic E-state index is 12.8. The van der Waals surface area contributed by atoms with Gasteiger partial charge in [-0.25, -0.2) is 0 Å². The molecule has 0 saturated carbocycles. The van der Waals surface area contributed by atoms with Crippen LogP contribution in [0.4, 0.5) is 11.5 Å². The third-order valence-electron chi connectivity index (χ3n) is 4.99. The average molecular weight is 388 g/mol. The lowest BCUT2D eigenvalue weighted by Crippen LogP contribution is -2.49. The number of hydrogen-bond donors (Lipinski definition) is 1. The van der Waals surface area contributed by atoms with Crippen LogP contribution in [0.2, 0.25) is 0 Å². The van der Waals surface area contributed by atoms with Crippen molar-refractivity contribution >= 4 is 17.4 Å². The molecule has 3 heterocycles. The first-order valence-corrected chi connectivity index (χ1v) is 9.77. The topological polar surface area (TPSA) is 74.2 Å². The van der Waals surface area contributed by atoms with Crippen molar-refractivity contribution in [1.29, 1.82) is 0 Å². The number of nitrogens with zero attached hydrogens (tertiary/aromatic N) is 5. The van der Waals surface area contributed by atoms with Crippen molar-refractivity contribution in [3.05, 3.63) is 77.7 Å². The molecule has 1 saturated heterocycles. The molecule has 4 rings (SSSR count). The van der Waals surface area contributed by atoms with Gasteiger partial charge in [0.05, 0.1) is 12.2 Å². The number of carbonyl (C=O) groups excluding carboxylic acids is 1. The van der Waals surface area contributed by atoms with Crippen LogP contribution in [0.15, 0.2) is 60.8 Å². The van der Waals surface area contributed by atoms with Gasteiger partial charge in [-0.15, -0.1) is 10.2 Å². The summed E-state index contributed by atoms with van der Waals surface area (Å²) in [6.45, 7) is 5.63. The lowest BCUT2D eigenvalue weighted by atomic mass is 10.2. The van der Waals surface area contributed by atoms with Crippen LogP contribution >= 0.6 is 0 Å². The van der Waals surface area contributed by atoms with E-state index in [1.54, 1.807) is 18.3 Å². The van der Waals surface area contributed by atoms with Crippen molar-refractivity contribution in [2.24, 2.45) is 0 Å². The number of hydrogen-bond acceptors (Lipinski definition) is 6. The molecule has 1 fully saturated rings. The van der Waals surface area contributed by atoms with Crippen LogP contribution in [0.3, 0.4) is 0 Å². The molecule has 0 radical (unpaired) electrons. The summed E-state index contributed by atoms with van der Waals surface area (Å²) in [6, 6.07) is 17.7. The fraction of sp³-hybridized carbons (Fsp3) is 0.273. The Labute approximate surface area is 170 Å². The van der Waals surface area contributed by atoms with Gasteiger partial charge in [0.25, 0.3) is 5.91 Å². The van der Waals surface area contributed by atoms with E-state index in [2.05, 4.69) is 56.6 Å². The first-order chi connectivity index (χ1) is 14.2. The predicted molar refractivity (Wildman–Crippen MR) is 113 cm³/mol. The Bertz CT molecular complexity index is 953. The number of piperazine rings is 1. The van der Waals surface area contributed by atoms with Gasteiger partial charge < -0.3 is 15.1 Å². The summed E-state index contributed by atoms with van der Waals surface area (Å²) in [5.41, 5.74) is 3.74. The number of benzene rings is 1. The lowest BCUT2D eigenvalue weighted by molar-refractivity contribution is 0.0739. The molecule has 0 aliphatic carbocycles. The Hall–Kier alpha value is -3.48. The number of carbonyl (C=O) groups is 1. The zero-order chi connectivity index (χ0) is 20.1. The quantitative estimate of drug-likeness (QED) is 0.724. The number of aromatic nitrogens is 3. The van der Waals surface area contributed by atoms with E-state index in [0.717, 1.165) is 18.8 Å². The van der Waals surface area contributed by atoms with E-state index in [-0.39, 0.29) is 5.91 Å². The van der Waals surface area contributed by atoms with Crippen molar-refractivity contribution in [2.75, 3.05) is 36.4 Å². The molecule has 2 aromatic heterocycles. The molecule has 0 spiro atoms. The zero-order valence-electron chi connectivity index (χ0n) is 16.5. The van der Waals surface area contributed by atoms with E-state index in [9.17, 15) is 4.79 Å².